The van der Waals surface area contributed by atoms with Crippen LogP contribution in [0.1, 0.15) is 47.6 Å². The molecule has 4 aromatic carbocycles. The predicted molar refractivity (Wildman–Crippen MR) is 203 cm³/mol. The van der Waals surface area contributed by atoms with Gasteiger partial charge in [-0.1, -0.05) is 13.0 Å². The molecule has 8 atom stereocenters. The lowest BCUT2D eigenvalue weighted by Gasteiger charge is -2.39. The summed E-state index contributed by atoms with van der Waals surface area (Å²) in [6.07, 6.45) is -11.0. The maximum Gasteiger partial charge on any atom is 0.402 e. The smallest absolute Gasteiger partial charge is 0.402 e. The number of aromatic hydroxyl groups is 7. The van der Waals surface area contributed by atoms with Gasteiger partial charge < -0.3 is 85.0 Å². The van der Waals surface area contributed by atoms with Crippen LogP contribution < -0.4 is 18.9 Å². The van der Waals surface area contributed by atoms with E-state index in [1.165, 1.54) is 50.6 Å². The zero-order chi connectivity index (χ0) is 42.6. The summed E-state index contributed by atoms with van der Waals surface area (Å²) >= 11 is 0. The first-order chi connectivity index (χ1) is 28.1. The average molecular weight is 824 g/mol. The van der Waals surface area contributed by atoms with Gasteiger partial charge in [-0.15, -0.1) is 0 Å². The standard InChI is InChI=1S/C41H42O18/c1-4-17(31-24(47)12-21(44)18-10-26(49)37(58-39(18)31)15-5-6-20(43)23(46)7-15)32-25(48)13-22(45)19-11-29(56-41-36(53)35(52)34(51)30(14-42)57-41)38(59-40(19)32)16-8-27(54-2)33(50)28(9-16)55-3/h5-9,11-13,17,26,30,34-37,41-42,49,51-53H,4,10,14H2,1-3H3,(H6-,43,44,45,46,47,48,50)/p+1/t17?,26-,30-,34-,35+,36-,37?,41-/m1/s1. The molecule has 0 spiro atoms. The van der Waals surface area contributed by atoms with Crippen LogP contribution in [0.2, 0.25) is 0 Å². The van der Waals surface area contributed by atoms with Gasteiger partial charge >= 0.3 is 11.3 Å². The van der Waals surface area contributed by atoms with E-state index < -0.39 is 89.9 Å². The van der Waals surface area contributed by atoms with Crippen molar-refractivity contribution in [1.82, 2.24) is 0 Å². The maximum absolute atomic E-state index is 11.7. The Morgan fingerprint density at radius 2 is 1.39 bits per heavy atom. The number of aliphatic hydroxyl groups is 5. The average Bonchev–Trinajstić information content (AvgIpc) is 3.21. The summed E-state index contributed by atoms with van der Waals surface area (Å²) in [7, 11) is 2.56. The maximum atomic E-state index is 11.7. The first-order valence-electron chi connectivity index (χ1n) is 18.3. The van der Waals surface area contributed by atoms with E-state index in [1.807, 2.05) is 0 Å². The van der Waals surface area contributed by atoms with Gasteiger partial charge in [-0.05, 0) is 24.1 Å². The van der Waals surface area contributed by atoms with E-state index in [4.69, 9.17) is 28.1 Å². The molecule has 0 saturated carbocycles. The molecule has 1 aromatic heterocycles. The molecule has 12 N–H and O–H groups in total. The van der Waals surface area contributed by atoms with Crippen LogP contribution >= 0.6 is 0 Å². The van der Waals surface area contributed by atoms with Crippen molar-refractivity contribution in [2.75, 3.05) is 20.8 Å². The molecule has 5 aromatic rings. The van der Waals surface area contributed by atoms with Crippen LogP contribution in [0.4, 0.5) is 0 Å². The molecular formula is C41H43O18+. The second-order valence-electron chi connectivity index (χ2n) is 14.2. The third-order valence-electron chi connectivity index (χ3n) is 10.7. The van der Waals surface area contributed by atoms with Crippen molar-refractivity contribution < 1.29 is 89.4 Å². The summed E-state index contributed by atoms with van der Waals surface area (Å²) in [5.74, 6) is -4.98. The molecule has 59 heavy (non-hydrogen) atoms. The normalized spacial score (nSPS) is 23.3. The molecule has 2 aliphatic heterocycles. The molecule has 0 aliphatic carbocycles. The van der Waals surface area contributed by atoms with Crippen LogP contribution in [0.25, 0.3) is 22.3 Å². The lowest BCUT2D eigenvalue weighted by atomic mass is 9.82. The van der Waals surface area contributed by atoms with E-state index in [0.29, 0.717) is 0 Å². The number of rotatable bonds is 10. The van der Waals surface area contributed by atoms with Gasteiger partial charge in [0.05, 0.1) is 32.5 Å². The molecule has 1 fully saturated rings. The molecule has 0 amide bonds. The largest absolute Gasteiger partial charge is 0.507 e. The lowest BCUT2D eigenvalue weighted by Crippen LogP contribution is -2.60. The number of hydrogen-bond acceptors (Lipinski definition) is 17. The number of phenols is 7. The van der Waals surface area contributed by atoms with Crippen molar-refractivity contribution >= 4 is 11.0 Å². The van der Waals surface area contributed by atoms with Gasteiger partial charge in [0.15, 0.2) is 23.0 Å². The van der Waals surface area contributed by atoms with Gasteiger partial charge in [-0.25, -0.2) is 4.42 Å². The lowest BCUT2D eigenvalue weighted by molar-refractivity contribution is -0.277. The molecule has 0 bridgehead atoms. The van der Waals surface area contributed by atoms with Crippen LogP contribution in [-0.4, -0.2) is 119 Å². The molecular weight excluding hydrogens is 780 g/mol. The molecule has 3 heterocycles. The zero-order valence-electron chi connectivity index (χ0n) is 31.7. The first-order valence-corrected chi connectivity index (χ1v) is 18.3. The Morgan fingerprint density at radius 1 is 0.729 bits per heavy atom. The van der Waals surface area contributed by atoms with Crippen molar-refractivity contribution in [1.29, 1.82) is 0 Å². The Balaban J connectivity index is 1.46. The Labute approximate surface area is 334 Å². The monoisotopic (exact) mass is 823 g/mol. The number of methoxy groups -OCH3 is 2. The number of benzene rings is 4. The summed E-state index contributed by atoms with van der Waals surface area (Å²) < 4.78 is 35.2. The Bertz CT molecular complexity index is 2370. The van der Waals surface area contributed by atoms with Crippen molar-refractivity contribution in [2.45, 2.75) is 68.6 Å². The highest BCUT2D eigenvalue weighted by atomic mass is 16.7. The van der Waals surface area contributed by atoms with Crippen molar-refractivity contribution in [3.63, 3.8) is 0 Å². The Morgan fingerprint density at radius 3 is 2.02 bits per heavy atom. The second-order valence-corrected chi connectivity index (χ2v) is 14.2. The fraction of sp³-hybridized carbons (Fsp3) is 0.341. The van der Waals surface area contributed by atoms with Crippen LogP contribution in [0.3, 0.4) is 0 Å². The van der Waals surface area contributed by atoms with Crippen molar-refractivity contribution in [2.24, 2.45) is 0 Å². The fourth-order valence-corrected chi connectivity index (χ4v) is 7.64. The minimum absolute atomic E-state index is 0.0182. The molecule has 18 nitrogen and oxygen atoms in total. The highest BCUT2D eigenvalue weighted by Gasteiger charge is 2.46. The van der Waals surface area contributed by atoms with Gasteiger partial charge in [0.2, 0.25) is 17.8 Å². The second kappa shape index (κ2) is 15.9. The summed E-state index contributed by atoms with van der Waals surface area (Å²) in [6, 6.07) is 9.84. The SMILES string of the molecule is CCC(c1c(O)cc(O)c2c1OC(c1ccc(O)c(O)c1)[C@H](O)C2)c1c(O)cc(O)c2cc(O[C@@H]3O[C@H](CO)[C@@H](O)[C@H](O)[C@H]3O)c(-c3cc(OC)c(O)c(OC)c3)[o+]c12. The summed E-state index contributed by atoms with van der Waals surface area (Å²) in [5.41, 5.74) is 0.297. The van der Waals surface area contributed by atoms with E-state index >= 15 is 0 Å². The molecule has 7 rings (SSSR count). The minimum Gasteiger partial charge on any atom is -0.507 e. The first kappa shape index (κ1) is 41.0. The topological polar surface area (TPSA) is 300 Å². The molecule has 18 heteroatoms. The van der Waals surface area contributed by atoms with E-state index in [1.54, 1.807) is 6.92 Å². The minimum atomic E-state index is -1.87. The quantitative estimate of drug-likeness (QED) is 0.0711. The highest BCUT2D eigenvalue weighted by Crippen LogP contribution is 2.54. The molecule has 0 radical (unpaired) electrons. The molecule has 314 valence electrons. The van der Waals surface area contributed by atoms with E-state index in [-0.39, 0.29) is 86.1 Å². The third kappa shape index (κ3) is 7.09. The molecule has 2 aliphatic rings. The summed E-state index contributed by atoms with van der Waals surface area (Å²) in [5, 5.41) is 129. The number of fused-ring (bicyclic) bond motifs is 2. The molecule has 2 unspecified atom stereocenters. The molecule has 1 saturated heterocycles. The predicted octanol–water partition coefficient (Wildman–Crippen LogP) is 3.10. The van der Waals surface area contributed by atoms with E-state index in [2.05, 4.69) is 0 Å². The van der Waals surface area contributed by atoms with Crippen LogP contribution in [0, 0.1) is 0 Å². The summed E-state index contributed by atoms with van der Waals surface area (Å²) in [4.78, 5) is 0. The van der Waals surface area contributed by atoms with Gasteiger partial charge in [0.25, 0.3) is 0 Å². The van der Waals surface area contributed by atoms with Crippen LogP contribution in [-0.2, 0) is 11.2 Å². The third-order valence-corrected chi connectivity index (χ3v) is 10.7. The number of hydrogen-bond donors (Lipinski definition) is 12. The van der Waals surface area contributed by atoms with E-state index in [9.17, 15) is 61.3 Å². The Kier molecular flexibility index (Phi) is 11.1. The van der Waals surface area contributed by atoms with Gasteiger partial charge in [0, 0.05) is 53.8 Å². The highest BCUT2D eigenvalue weighted by molar-refractivity contribution is 5.92. The number of ether oxygens (including phenoxy) is 5. The zero-order valence-corrected chi connectivity index (χ0v) is 31.7. The van der Waals surface area contributed by atoms with Gasteiger partial charge in [-0.2, -0.15) is 0 Å². The number of aliphatic hydroxyl groups excluding tert-OH is 5. The number of phenolic OH excluding ortho intramolecular Hbond substituents is 7. The Hall–Kier alpha value is -6.15. The van der Waals surface area contributed by atoms with Crippen LogP contribution in [0.5, 0.6) is 63.2 Å². The van der Waals surface area contributed by atoms with Crippen molar-refractivity contribution in [3.8, 4) is 74.6 Å². The van der Waals surface area contributed by atoms with Crippen LogP contribution in [0.15, 0.2) is 52.9 Å². The summed E-state index contributed by atoms with van der Waals surface area (Å²) in [6.45, 7) is 0.949. The van der Waals surface area contributed by atoms with Gasteiger partial charge in [-0.3, -0.25) is 0 Å². The fourth-order valence-electron chi connectivity index (χ4n) is 7.64. The van der Waals surface area contributed by atoms with Crippen molar-refractivity contribution in [3.05, 3.63) is 70.8 Å². The van der Waals surface area contributed by atoms with Gasteiger partial charge in [0.1, 0.15) is 70.2 Å². The van der Waals surface area contributed by atoms with E-state index in [0.717, 1.165) is 12.1 Å².